The van der Waals surface area contributed by atoms with Gasteiger partial charge in [-0.1, -0.05) is 61.3 Å². The van der Waals surface area contributed by atoms with Gasteiger partial charge in [0.05, 0.1) is 11.9 Å². The number of hydrogen-bond donors (Lipinski definition) is 1. The number of anilines is 1. The molecular formula is C25H33Cl2N3O4S. The summed E-state index contributed by atoms with van der Waals surface area (Å²) in [6.07, 6.45) is 2.10. The van der Waals surface area contributed by atoms with Crippen molar-refractivity contribution in [1.29, 1.82) is 0 Å². The van der Waals surface area contributed by atoms with Crippen molar-refractivity contribution in [2.24, 2.45) is 0 Å². The van der Waals surface area contributed by atoms with E-state index >= 15 is 0 Å². The number of carbonyl (C=O) groups is 2. The number of nitrogens with one attached hydrogen (secondary N) is 1. The van der Waals surface area contributed by atoms with Crippen molar-refractivity contribution in [2.45, 2.75) is 59.2 Å². The molecule has 2 amide bonds. The summed E-state index contributed by atoms with van der Waals surface area (Å²) in [5, 5.41) is 3.77. The molecule has 0 aromatic heterocycles. The van der Waals surface area contributed by atoms with Gasteiger partial charge in [-0.05, 0) is 56.0 Å². The maximum atomic E-state index is 13.7. The highest BCUT2D eigenvalue weighted by Gasteiger charge is 2.32. The Kier molecular flexibility index (Phi) is 10.4. The molecule has 2 rings (SSSR count). The highest BCUT2D eigenvalue weighted by molar-refractivity contribution is 7.92. The third-order valence-corrected chi connectivity index (χ3v) is 7.72. The van der Waals surface area contributed by atoms with E-state index in [1.54, 1.807) is 43.3 Å². The summed E-state index contributed by atoms with van der Waals surface area (Å²) in [7, 11) is -3.83. The molecule has 0 aliphatic carbocycles. The summed E-state index contributed by atoms with van der Waals surface area (Å²) in [5.41, 5.74) is 1.70. The number of aryl methyl sites for hydroxylation is 1. The fourth-order valence-corrected chi connectivity index (χ4v) is 4.73. The molecule has 2 unspecified atom stereocenters. The van der Waals surface area contributed by atoms with Gasteiger partial charge in [0.2, 0.25) is 21.8 Å². The lowest BCUT2D eigenvalue weighted by molar-refractivity contribution is -0.140. The maximum Gasteiger partial charge on any atom is 0.244 e. The summed E-state index contributed by atoms with van der Waals surface area (Å²) in [4.78, 5) is 28.2. The molecule has 0 fully saturated rings. The van der Waals surface area contributed by atoms with Crippen molar-refractivity contribution < 1.29 is 18.0 Å². The minimum Gasteiger partial charge on any atom is -0.352 e. The Bertz CT molecular complexity index is 1160. The fourth-order valence-electron chi connectivity index (χ4n) is 3.52. The highest BCUT2D eigenvalue weighted by Crippen LogP contribution is 2.26. The Labute approximate surface area is 218 Å². The molecule has 2 aromatic rings. The Morgan fingerprint density at radius 2 is 1.69 bits per heavy atom. The second kappa shape index (κ2) is 12.6. The quantitative estimate of drug-likeness (QED) is 0.443. The standard InChI is InChI=1S/C25H33Cl2N3O4S/c1-6-18(4)28-25(32)23(7-2)29(15-19-10-8-9-11-21(19)26)24(31)16-30(35(5,33)34)20-13-12-17(3)22(27)14-20/h8-14,18,23H,6-7,15-16H2,1-5H3,(H,28,32). The van der Waals surface area contributed by atoms with E-state index < -0.39 is 28.5 Å². The van der Waals surface area contributed by atoms with Gasteiger partial charge in [0.15, 0.2) is 0 Å². The third kappa shape index (κ3) is 7.85. The lowest BCUT2D eigenvalue weighted by atomic mass is 10.1. The molecule has 0 bridgehead atoms. The van der Waals surface area contributed by atoms with Crippen LogP contribution in [0.15, 0.2) is 42.5 Å². The first-order valence-electron chi connectivity index (χ1n) is 11.5. The number of halogens is 2. The number of carbonyl (C=O) groups excluding carboxylic acids is 2. The monoisotopic (exact) mass is 541 g/mol. The van der Waals surface area contributed by atoms with Crippen LogP contribution in [0, 0.1) is 6.92 Å². The van der Waals surface area contributed by atoms with Crippen molar-refractivity contribution in [2.75, 3.05) is 17.1 Å². The van der Waals surface area contributed by atoms with Crippen LogP contribution < -0.4 is 9.62 Å². The predicted molar refractivity (Wildman–Crippen MR) is 142 cm³/mol. The molecule has 0 heterocycles. The maximum absolute atomic E-state index is 13.7. The van der Waals surface area contributed by atoms with Gasteiger partial charge in [-0.25, -0.2) is 8.42 Å². The van der Waals surface area contributed by atoms with E-state index in [1.807, 2.05) is 20.8 Å². The minimum absolute atomic E-state index is 0.0528. The van der Waals surface area contributed by atoms with Crippen LogP contribution in [-0.4, -0.2) is 50.0 Å². The summed E-state index contributed by atoms with van der Waals surface area (Å²) >= 11 is 12.6. The highest BCUT2D eigenvalue weighted by atomic mass is 35.5. The molecule has 192 valence electrons. The predicted octanol–water partition coefficient (Wildman–Crippen LogP) is 4.79. The lowest BCUT2D eigenvalue weighted by Crippen LogP contribution is -2.53. The van der Waals surface area contributed by atoms with Crippen LogP contribution in [0.5, 0.6) is 0 Å². The van der Waals surface area contributed by atoms with Gasteiger partial charge in [-0.2, -0.15) is 0 Å². The molecule has 0 aliphatic rings. The van der Waals surface area contributed by atoms with Crippen LogP contribution >= 0.6 is 23.2 Å². The SMILES string of the molecule is CCC(C)NC(=O)C(CC)N(Cc1ccccc1Cl)C(=O)CN(c1ccc(C)c(Cl)c1)S(C)(=O)=O. The van der Waals surface area contributed by atoms with Crippen molar-refractivity contribution in [3.8, 4) is 0 Å². The largest absolute Gasteiger partial charge is 0.352 e. The molecule has 7 nitrogen and oxygen atoms in total. The van der Waals surface area contributed by atoms with E-state index in [0.29, 0.717) is 22.0 Å². The Morgan fingerprint density at radius 1 is 1.03 bits per heavy atom. The second-order valence-electron chi connectivity index (χ2n) is 8.56. The van der Waals surface area contributed by atoms with Crippen molar-refractivity contribution in [3.05, 3.63) is 63.6 Å². The van der Waals surface area contributed by atoms with E-state index in [4.69, 9.17) is 23.2 Å². The van der Waals surface area contributed by atoms with Crippen LogP contribution in [0.2, 0.25) is 10.0 Å². The summed E-state index contributed by atoms with van der Waals surface area (Å²) < 4.78 is 26.3. The first-order chi connectivity index (χ1) is 16.4. The van der Waals surface area contributed by atoms with Gasteiger partial charge >= 0.3 is 0 Å². The number of amides is 2. The summed E-state index contributed by atoms with van der Waals surface area (Å²) in [5.74, 6) is -0.829. The van der Waals surface area contributed by atoms with E-state index in [2.05, 4.69) is 5.32 Å². The van der Waals surface area contributed by atoms with E-state index in [-0.39, 0.29) is 24.2 Å². The normalized spacial score (nSPS) is 13.1. The zero-order valence-corrected chi connectivity index (χ0v) is 23.0. The molecule has 2 atom stereocenters. The second-order valence-corrected chi connectivity index (χ2v) is 11.3. The molecule has 2 aromatic carbocycles. The molecular weight excluding hydrogens is 509 g/mol. The number of benzene rings is 2. The van der Waals surface area contributed by atoms with Gasteiger partial charge in [0.1, 0.15) is 12.6 Å². The van der Waals surface area contributed by atoms with Crippen LogP contribution in [0.1, 0.15) is 44.7 Å². The molecule has 0 saturated heterocycles. The molecule has 0 saturated carbocycles. The van der Waals surface area contributed by atoms with Gasteiger partial charge in [0.25, 0.3) is 0 Å². The smallest absolute Gasteiger partial charge is 0.244 e. The molecule has 0 spiro atoms. The average molecular weight is 543 g/mol. The Hall–Kier alpha value is -2.29. The number of hydrogen-bond acceptors (Lipinski definition) is 4. The molecule has 1 N–H and O–H groups in total. The zero-order valence-electron chi connectivity index (χ0n) is 20.7. The Balaban J connectivity index is 2.47. The number of rotatable bonds is 11. The topological polar surface area (TPSA) is 86.8 Å². The first kappa shape index (κ1) is 28.9. The van der Waals surface area contributed by atoms with Crippen LogP contribution in [0.25, 0.3) is 0 Å². The van der Waals surface area contributed by atoms with Crippen molar-refractivity contribution >= 4 is 50.7 Å². The van der Waals surface area contributed by atoms with E-state index in [1.165, 1.54) is 11.0 Å². The zero-order chi connectivity index (χ0) is 26.3. The van der Waals surface area contributed by atoms with Gasteiger partial charge in [-0.15, -0.1) is 0 Å². The van der Waals surface area contributed by atoms with Crippen molar-refractivity contribution in [3.63, 3.8) is 0 Å². The van der Waals surface area contributed by atoms with E-state index in [0.717, 1.165) is 22.5 Å². The molecule has 35 heavy (non-hydrogen) atoms. The summed E-state index contributed by atoms with van der Waals surface area (Å²) in [6, 6.07) is 11.0. The van der Waals surface area contributed by atoms with Crippen LogP contribution in [0.4, 0.5) is 5.69 Å². The summed E-state index contributed by atoms with van der Waals surface area (Å²) in [6.45, 7) is 7.01. The first-order valence-corrected chi connectivity index (χ1v) is 14.1. The van der Waals surface area contributed by atoms with Crippen LogP contribution in [-0.2, 0) is 26.2 Å². The van der Waals surface area contributed by atoms with Gasteiger partial charge in [-0.3, -0.25) is 13.9 Å². The van der Waals surface area contributed by atoms with Crippen molar-refractivity contribution in [1.82, 2.24) is 10.2 Å². The average Bonchev–Trinajstić information content (AvgIpc) is 2.79. The van der Waals surface area contributed by atoms with Gasteiger partial charge in [0, 0.05) is 22.6 Å². The van der Waals surface area contributed by atoms with Crippen LogP contribution in [0.3, 0.4) is 0 Å². The fraction of sp³-hybridized carbons (Fsp3) is 0.440. The minimum atomic E-state index is -3.83. The third-order valence-electron chi connectivity index (χ3n) is 5.81. The molecule has 0 aliphatic heterocycles. The molecule has 0 radical (unpaired) electrons. The van der Waals surface area contributed by atoms with Gasteiger partial charge < -0.3 is 10.2 Å². The number of sulfonamides is 1. The Morgan fingerprint density at radius 3 is 2.23 bits per heavy atom. The van der Waals surface area contributed by atoms with E-state index in [9.17, 15) is 18.0 Å². The molecule has 10 heteroatoms. The number of nitrogens with zero attached hydrogens (tertiary/aromatic N) is 2. The lowest BCUT2D eigenvalue weighted by Gasteiger charge is -2.33.